The number of nitrogens with one attached hydrogen (secondary N) is 1. The van der Waals surface area contributed by atoms with E-state index in [0.29, 0.717) is 11.4 Å². The maximum atomic E-state index is 13.1. The van der Waals surface area contributed by atoms with E-state index < -0.39 is 28.0 Å². The SMILES string of the molecule is COC(=O)c1cc(OC)c(OC)cc1NC(=O)[C@H]1CCN(S(C)(=O)=O)c2ccccc2O1. The third-order valence-electron chi connectivity index (χ3n) is 4.88. The summed E-state index contributed by atoms with van der Waals surface area (Å²) in [5.74, 6) is -0.402. The number of ether oxygens (including phenoxy) is 4. The number of hydrogen-bond donors (Lipinski definition) is 1. The minimum absolute atomic E-state index is 0.0454. The van der Waals surface area contributed by atoms with Crippen molar-refractivity contribution in [3.8, 4) is 17.2 Å². The number of nitrogens with zero attached hydrogens (tertiary/aromatic N) is 1. The van der Waals surface area contributed by atoms with E-state index in [1.807, 2.05) is 0 Å². The Labute approximate surface area is 186 Å². The monoisotopic (exact) mass is 464 g/mol. The molecule has 32 heavy (non-hydrogen) atoms. The van der Waals surface area contributed by atoms with Crippen molar-refractivity contribution in [3.63, 3.8) is 0 Å². The molecule has 0 spiro atoms. The number of benzene rings is 2. The third-order valence-corrected chi connectivity index (χ3v) is 6.06. The van der Waals surface area contributed by atoms with Gasteiger partial charge < -0.3 is 24.3 Å². The van der Waals surface area contributed by atoms with E-state index in [-0.39, 0.29) is 35.7 Å². The van der Waals surface area contributed by atoms with Gasteiger partial charge in [0.25, 0.3) is 5.91 Å². The summed E-state index contributed by atoms with van der Waals surface area (Å²) in [5.41, 5.74) is 0.553. The Morgan fingerprint density at radius 1 is 1.09 bits per heavy atom. The molecule has 172 valence electrons. The molecule has 11 heteroatoms. The van der Waals surface area contributed by atoms with Crippen LogP contribution >= 0.6 is 0 Å². The first-order valence-electron chi connectivity index (χ1n) is 9.58. The molecule has 0 saturated carbocycles. The number of carbonyl (C=O) groups is 2. The van der Waals surface area contributed by atoms with Gasteiger partial charge in [0.05, 0.1) is 44.5 Å². The normalized spacial score (nSPS) is 15.6. The molecule has 1 atom stereocenters. The fourth-order valence-corrected chi connectivity index (χ4v) is 4.28. The molecule has 0 unspecified atom stereocenters. The van der Waals surface area contributed by atoms with Crippen LogP contribution in [0.5, 0.6) is 17.2 Å². The maximum absolute atomic E-state index is 13.1. The topological polar surface area (TPSA) is 120 Å². The van der Waals surface area contributed by atoms with Gasteiger partial charge in [-0.2, -0.15) is 0 Å². The van der Waals surface area contributed by atoms with Gasteiger partial charge in [0.15, 0.2) is 17.6 Å². The average Bonchev–Trinajstić information content (AvgIpc) is 2.98. The molecule has 1 N–H and O–H groups in total. The lowest BCUT2D eigenvalue weighted by Crippen LogP contribution is -2.36. The van der Waals surface area contributed by atoms with Crippen LogP contribution in [0.1, 0.15) is 16.8 Å². The average molecular weight is 464 g/mol. The number of carbonyl (C=O) groups excluding carboxylic acids is 2. The van der Waals surface area contributed by atoms with Crippen molar-refractivity contribution in [3.05, 3.63) is 42.0 Å². The smallest absolute Gasteiger partial charge is 0.340 e. The van der Waals surface area contributed by atoms with E-state index in [4.69, 9.17) is 18.9 Å². The largest absolute Gasteiger partial charge is 0.493 e. The zero-order valence-electron chi connectivity index (χ0n) is 18.1. The number of para-hydroxylation sites is 2. The predicted molar refractivity (Wildman–Crippen MR) is 117 cm³/mol. The van der Waals surface area contributed by atoms with E-state index in [2.05, 4.69) is 5.32 Å². The zero-order valence-corrected chi connectivity index (χ0v) is 18.9. The first kappa shape index (κ1) is 23.2. The summed E-state index contributed by atoms with van der Waals surface area (Å²) >= 11 is 0. The highest BCUT2D eigenvalue weighted by Gasteiger charge is 2.32. The van der Waals surface area contributed by atoms with Crippen molar-refractivity contribution in [1.82, 2.24) is 0 Å². The molecular weight excluding hydrogens is 440 g/mol. The van der Waals surface area contributed by atoms with Crippen LogP contribution in [-0.4, -0.2) is 60.5 Å². The summed E-state index contributed by atoms with van der Waals surface area (Å²) in [6, 6.07) is 9.41. The van der Waals surface area contributed by atoms with Gasteiger partial charge in [-0.05, 0) is 12.1 Å². The second kappa shape index (κ2) is 9.35. The first-order valence-corrected chi connectivity index (χ1v) is 11.4. The van der Waals surface area contributed by atoms with E-state index >= 15 is 0 Å². The van der Waals surface area contributed by atoms with E-state index in [0.717, 1.165) is 6.26 Å². The van der Waals surface area contributed by atoms with Crippen molar-refractivity contribution >= 4 is 33.3 Å². The van der Waals surface area contributed by atoms with Crippen molar-refractivity contribution in [2.75, 3.05) is 43.8 Å². The number of fused-ring (bicyclic) bond motifs is 1. The molecule has 1 aliphatic rings. The highest BCUT2D eigenvalue weighted by molar-refractivity contribution is 7.92. The van der Waals surface area contributed by atoms with Gasteiger partial charge in [0.1, 0.15) is 5.75 Å². The van der Waals surface area contributed by atoms with Crippen LogP contribution < -0.4 is 23.8 Å². The number of esters is 1. The van der Waals surface area contributed by atoms with Gasteiger partial charge >= 0.3 is 5.97 Å². The quantitative estimate of drug-likeness (QED) is 0.645. The summed E-state index contributed by atoms with van der Waals surface area (Å²) in [6.45, 7) is 0.0454. The Bertz CT molecular complexity index is 1130. The van der Waals surface area contributed by atoms with Crippen molar-refractivity contribution in [2.45, 2.75) is 12.5 Å². The number of methoxy groups -OCH3 is 3. The Morgan fingerprint density at radius 3 is 2.38 bits per heavy atom. The van der Waals surface area contributed by atoms with Gasteiger partial charge in [-0.3, -0.25) is 9.10 Å². The summed E-state index contributed by atoms with van der Waals surface area (Å²) < 4.78 is 46.8. The number of amides is 1. The highest BCUT2D eigenvalue weighted by atomic mass is 32.2. The van der Waals surface area contributed by atoms with Crippen LogP contribution in [0, 0.1) is 0 Å². The standard InChI is InChI=1S/C21H24N2O8S/c1-28-18-11-13(21(25)30-3)14(12-19(18)29-2)22-20(24)17-9-10-23(32(4,26)27)15-7-5-6-8-16(15)31-17/h5-8,11-12,17H,9-10H2,1-4H3,(H,22,24)/t17-/m1/s1. The number of rotatable bonds is 6. The third kappa shape index (κ3) is 4.72. The lowest BCUT2D eigenvalue weighted by molar-refractivity contribution is -0.122. The molecule has 0 aliphatic carbocycles. The Hall–Kier alpha value is -3.47. The minimum Gasteiger partial charge on any atom is -0.493 e. The summed E-state index contributed by atoms with van der Waals surface area (Å²) in [4.78, 5) is 25.3. The molecule has 0 aromatic heterocycles. The van der Waals surface area contributed by atoms with E-state index in [9.17, 15) is 18.0 Å². The number of sulfonamides is 1. The molecule has 0 radical (unpaired) electrons. The molecule has 0 bridgehead atoms. The fourth-order valence-electron chi connectivity index (χ4n) is 3.33. The fraction of sp³-hybridized carbons (Fsp3) is 0.333. The van der Waals surface area contributed by atoms with Crippen molar-refractivity contribution in [2.24, 2.45) is 0 Å². The van der Waals surface area contributed by atoms with Crippen LogP contribution in [0.3, 0.4) is 0 Å². The molecule has 1 aliphatic heterocycles. The molecule has 1 heterocycles. The van der Waals surface area contributed by atoms with Crippen LogP contribution in [0.4, 0.5) is 11.4 Å². The maximum Gasteiger partial charge on any atom is 0.340 e. The molecule has 2 aromatic carbocycles. The van der Waals surface area contributed by atoms with Gasteiger partial charge in [0.2, 0.25) is 10.0 Å². The van der Waals surface area contributed by atoms with Gasteiger partial charge in [0, 0.05) is 25.1 Å². The molecule has 0 saturated heterocycles. The Balaban J connectivity index is 1.93. The number of anilines is 2. The molecular formula is C21H24N2O8S. The van der Waals surface area contributed by atoms with Gasteiger partial charge in [-0.25, -0.2) is 13.2 Å². The lowest BCUT2D eigenvalue weighted by atomic mass is 10.1. The second-order valence-corrected chi connectivity index (χ2v) is 8.84. The van der Waals surface area contributed by atoms with Crippen LogP contribution in [0.2, 0.25) is 0 Å². The molecule has 10 nitrogen and oxygen atoms in total. The summed E-state index contributed by atoms with van der Waals surface area (Å²) in [6.07, 6.45) is 0.173. The van der Waals surface area contributed by atoms with Gasteiger partial charge in [-0.15, -0.1) is 0 Å². The Morgan fingerprint density at radius 2 is 1.75 bits per heavy atom. The molecule has 2 aromatic rings. The Kier molecular flexibility index (Phi) is 6.78. The minimum atomic E-state index is -3.58. The van der Waals surface area contributed by atoms with Crippen LogP contribution in [-0.2, 0) is 19.6 Å². The predicted octanol–water partition coefficient (Wildman–Crippen LogP) is 2.05. The van der Waals surface area contributed by atoms with Crippen LogP contribution in [0.25, 0.3) is 0 Å². The van der Waals surface area contributed by atoms with E-state index in [1.54, 1.807) is 24.3 Å². The van der Waals surface area contributed by atoms with E-state index in [1.165, 1.54) is 37.8 Å². The van der Waals surface area contributed by atoms with Gasteiger partial charge in [-0.1, -0.05) is 12.1 Å². The number of hydrogen-bond acceptors (Lipinski definition) is 8. The zero-order chi connectivity index (χ0) is 23.5. The highest BCUT2D eigenvalue weighted by Crippen LogP contribution is 2.36. The second-order valence-electron chi connectivity index (χ2n) is 6.93. The van der Waals surface area contributed by atoms with Crippen LogP contribution in [0.15, 0.2) is 36.4 Å². The molecule has 1 amide bonds. The molecule has 0 fully saturated rings. The first-order chi connectivity index (χ1) is 15.2. The van der Waals surface area contributed by atoms with Crippen molar-refractivity contribution in [1.29, 1.82) is 0 Å². The van der Waals surface area contributed by atoms with Crippen molar-refractivity contribution < 1.29 is 37.0 Å². The summed E-state index contributed by atoms with van der Waals surface area (Å²) in [7, 11) is 0.481. The lowest BCUT2D eigenvalue weighted by Gasteiger charge is -2.20. The molecule has 3 rings (SSSR count). The summed E-state index contributed by atoms with van der Waals surface area (Å²) in [5, 5.41) is 2.67.